The van der Waals surface area contributed by atoms with Gasteiger partial charge in [0, 0.05) is 6.54 Å². The van der Waals surface area contributed by atoms with Gasteiger partial charge in [0.05, 0.1) is 17.0 Å². The fourth-order valence-corrected chi connectivity index (χ4v) is 4.17. The van der Waals surface area contributed by atoms with Crippen molar-refractivity contribution in [2.75, 3.05) is 10.6 Å². The lowest BCUT2D eigenvalue weighted by molar-refractivity contribution is -0.122. The van der Waals surface area contributed by atoms with Crippen molar-refractivity contribution in [2.24, 2.45) is 0 Å². The van der Waals surface area contributed by atoms with Gasteiger partial charge < -0.3 is 5.32 Å². The monoisotopic (exact) mass is 412 g/mol. The average molecular weight is 413 g/mol. The standard InChI is InChI=1S/C19H22ClFN2O3S/c1-4-18(19(24)22-12-14-8-6-5-7-13(14)2)23(27(3,25)26)15-9-10-17(21)16(20)11-15/h5-11,18H,4,12H2,1-3H3,(H,22,24)/t18-/m1/s1. The van der Waals surface area contributed by atoms with E-state index in [4.69, 9.17) is 11.6 Å². The zero-order chi connectivity index (χ0) is 20.2. The van der Waals surface area contributed by atoms with E-state index >= 15 is 0 Å². The highest BCUT2D eigenvalue weighted by Crippen LogP contribution is 2.27. The Morgan fingerprint density at radius 2 is 1.93 bits per heavy atom. The van der Waals surface area contributed by atoms with Gasteiger partial charge in [-0.1, -0.05) is 42.8 Å². The predicted molar refractivity (Wildman–Crippen MR) is 106 cm³/mol. The minimum Gasteiger partial charge on any atom is -0.350 e. The number of nitrogens with zero attached hydrogens (tertiary/aromatic N) is 1. The zero-order valence-electron chi connectivity index (χ0n) is 15.4. The maximum atomic E-state index is 13.5. The molecule has 0 radical (unpaired) electrons. The van der Waals surface area contributed by atoms with Crippen molar-refractivity contribution in [3.8, 4) is 0 Å². The molecule has 146 valence electrons. The van der Waals surface area contributed by atoms with E-state index in [1.54, 1.807) is 6.92 Å². The number of carbonyl (C=O) groups excluding carboxylic acids is 1. The molecule has 0 aliphatic rings. The highest BCUT2D eigenvalue weighted by Gasteiger charge is 2.31. The molecule has 27 heavy (non-hydrogen) atoms. The fraction of sp³-hybridized carbons (Fsp3) is 0.316. The van der Waals surface area contributed by atoms with E-state index in [1.807, 2.05) is 31.2 Å². The summed E-state index contributed by atoms with van der Waals surface area (Å²) in [4.78, 5) is 12.7. The molecular weight excluding hydrogens is 391 g/mol. The minimum atomic E-state index is -3.80. The third kappa shape index (κ3) is 5.20. The molecule has 0 unspecified atom stereocenters. The average Bonchev–Trinajstić information content (AvgIpc) is 2.60. The van der Waals surface area contributed by atoms with Crippen LogP contribution in [0, 0.1) is 12.7 Å². The second kappa shape index (κ2) is 8.71. The first-order valence-corrected chi connectivity index (χ1v) is 10.6. The summed E-state index contributed by atoms with van der Waals surface area (Å²) in [6.45, 7) is 3.92. The molecule has 0 bridgehead atoms. The van der Waals surface area contributed by atoms with Crippen molar-refractivity contribution in [2.45, 2.75) is 32.9 Å². The number of hydrogen-bond donors (Lipinski definition) is 1. The lowest BCUT2D eigenvalue weighted by Crippen LogP contribution is -2.49. The number of amides is 1. The topological polar surface area (TPSA) is 66.5 Å². The summed E-state index contributed by atoms with van der Waals surface area (Å²) >= 11 is 5.80. The number of nitrogens with one attached hydrogen (secondary N) is 1. The highest BCUT2D eigenvalue weighted by atomic mass is 35.5. The lowest BCUT2D eigenvalue weighted by atomic mass is 10.1. The number of carbonyl (C=O) groups is 1. The van der Waals surface area contributed by atoms with Crippen molar-refractivity contribution in [1.29, 1.82) is 0 Å². The molecule has 2 aromatic rings. The van der Waals surface area contributed by atoms with Crippen LogP contribution in [0.2, 0.25) is 5.02 Å². The molecule has 8 heteroatoms. The van der Waals surface area contributed by atoms with Crippen molar-refractivity contribution in [1.82, 2.24) is 5.32 Å². The summed E-state index contributed by atoms with van der Waals surface area (Å²) in [6.07, 6.45) is 1.24. The molecule has 0 aliphatic heterocycles. The Hall–Kier alpha value is -2.12. The first-order valence-electron chi connectivity index (χ1n) is 8.41. The third-order valence-electron chi connectivity index (χ3n) is 4.20. The summed E-state index contributed by atoms with van der Waals surface area (Å²) in [5, 5.41) is 2.58. The fourth-order valence-electron chi connectivity index (χ4n) is 2.79. The van der Waals surface area contributed by atoms with Crippen molar-refractivity contribution in [3.63, 3.8) is 0 Å². The lowest BCUT2D eigenvalue weighted by Gasteiger charge is -2.30. The molecule has 0 saturated heterocycles. The number of aryl methyl sites for hydroxylation is 1. The van der Waals surface area contributed by atoms with Gasteiger partial charge in [0.15, 0.2) is 0 Å². The molecule has 1 amide bonds. The predicted octanol–water partition coefficient (Wildman–Crippen LogP) is 3.65. The van der Waals surface area contributed by atoms with Gasteiger partial charge >= 0.3 is 0 Å². The molecule has 0 fully saturated rings. The van der Waals surface area contributed by atoms with Gasteiger partial charge in [0.25, 0.3) is 0 Å². The Morgan fingerprint density at radius 3 is 2.48 bits per heavy atom. The van der Waals surface area contributed by atoms with Crippen LogP contribution in [0.4, 0.5) is 10.1 Å². The normalized spacial score (nSPS) is 12.5. The van der Waals surface area contributed by atoms with Gasteiger partial charge in [-0.3, -0.25) is 9.10 Å². The van der Waals surface area contributed by atoms with Crippen LogP contribution in [0.15, 0.2) is 42.5 Å². The van der Waals surface area contributed by atoms with E-state index in [0.29, 0.717) is 0 Å². The van der Waals surface area contributed by atoms with Crippen LogP contribution in [0.1, 0.15) is 24.5 Å². The molecule has 0 aromatic heterocycles. The number of sulfonamides is 1. The van der Waals surface area contributed by atoms with Crippen molar-refractivity contribution in [3.05, 3.63) is 64.4 Å². The van der Waals surface area contributed by atoms with E-state index in [0.717, 1.165) is 27.8 Å². The molecule has 1 N–H and O–H groups in total. The van der Waals surface area contributed by atoms with E-state index in [9.17, 15) is 17.6 Å². The molecule has 1 atom stereocenters. The Bertz CT molecular complexity index is 934. The Balaban J connectivity index is 2.30. The smallest absolute Gasteiger partial charge is 0.244 e. The number of halogens is 2. The van der Waals surface area contributed by atoms with Gasteiger partial charge in [-0.05, 0) is 42.7 Å². The van der Waals surface area contributed by atoms with Crippen LogP contribution >= 0.6 is 11.6 Å². The molecule has 0 heterocycles. The van der Waals surface area contributed by atoms with Gasteiger partial charge in [0.2, 0.25) is 15.9 Å². The number of benzene rings is 2. The third-order valence-corrected chi connectivity index (χ3v) is 5.67. The highest BCUT2D eigenvalue weighted by molar-refractivity contribution is 7.92. The number of anilines is 1. The van der Waals surface area contributed by atoms with Crippen LogP contribution in [0.5, 0.6) is 0 Å². The second-order valence-electron chi connectivity index (χ2n) is 6.23. The van der Waals surface area contributed by atoms with E-state index < -0.39 is 27.8 Å². The van der Waals surface area contributed by atoms with Gasteiger partial charge in [-0.2, -0.15) is 0 Å². The molecule has 5 nitrogen and oxygen atoms in total. The van der Waals surface area contributed by atoms with Crippen LogP contribution in [0.25, 0.3) is 0 Å². The Kier molecular flexibility index (Phi) is 6.84. The Labute approximate surface area is 164 Å². The van der Waals surface area contributed by atoms with Crippen molar-refractivity contribution >= 4 is 33.2 Å². The summed E-state index contributed by atoms with van der Waals surface area (Å²) in [7, 11) is -3.80. The first-order chi connectivity index (χ1) is 12.6. The summed E-state index contributed by atoms with van der Waals surface area (Å²) < 4.78 is 39.2. The molecule has 2 rings (SSSR count). The van der Waals surface area contributed by atoms with Gasteiger partial charge in [0.1, 0.15) is 11.9 Å². The molecular formula is C19H22ClFN2O3S. The maximum Gasteiger partial charge on any atom is 0.244 e. The first kappa shape index (κ1) is 21.2. The number of rotatable bonds is 7. The van der Waals surface area contributed by atoms with E-state index in [-0.39, 0.29) is 23.7 Å². The quantitative estimate of drug-likeness (QED) is 0.754. The molecule has 0 saturated carbocycles. The maximum absolute atomic E-state index is 13.5. The number of hydrogen-bond acceptors (Lipinski definition) is 3. The summed E-state index contributed by atoms with van der Waals surface area (Å²) in [5.41, 5.74) is 2.11. The SMILES string of the molecule is CC[C@H](C(=O)NCc1ccccc1C)N(c1ccc(F)c(Cl)c1)S(C)(=O)=O. The molecule has 0 aliphatic carbocycles. The van der Waals surface area contributed by atoms with Crippen LogP contribution in [-0.2, 0) is 21.4 Å². The van der Waals surface area contributed by atoms with Gasteiger partial charge in [-0.15, -0.1) is 0 Å². The zero-order valence-corrected chi connectivity index (χ0v) is 16.9. The molecule has 2 aromatic carbocycles. The summed E-state index contributed by atoms with van der Waals surface area (Å²) in [5.74, 6) is -1.10. The summed E-state index contributed by atoms with van der Waals surface area (Å²) in [6, 6.07) is 10.2. The van der Waals surface area contributed by atoms with Crippen LogP contribution in [0.3, 0.4) is 0 Å². The van der Waals surface area contributed by atoms with E-state index in [2.05, 4.69) is 5.32 Å². The minimum absolute atomic E-state index is 0.141. The van der Waals surface area contributed by atoms with Gasteiger partial charge in [-0.25, -0.2) is 12.8 Å². The Morgan fingerprint density at radius 1 is 1.26 bits per heavy atom. The van der Waals surface area contributed by atoms with Crippen molar-refractivity contribution < 1.29 is 17.6 Å². The van der Waals surface area contributed by atoms with Crippen LogP contribution in [-0.4, -0.2) is 26.6 Å². The second-order valence-corrected chi connectivity index (χ2v) is 8.49. The van der Waals surface area contributed by atoms with E-state index in [1.165, 1.54) is 12.1 Å². The largest absolute Gasteiger partial charge is 0.350 e. The molecule has 0 spiro atoms. The van der Waals surface area contributed by atoms with Crippen LogP contribution < -0.4 is 9.62 Å².